The normalized spacial score (nSPS) is 14.5. The lowest BCUT2D eigenvalue weighted by atomic mass is 10.1. The van der Waals surface area contributed by atoms with Crippen molar-refractivity contribution < 1.29 is 36.2 Å². The van der Waals surface area contributed by atoms with Crippen LogP contribution in [0.15, 0.2) is 29.2 Å². The monoisotopic (exact) mass is 478 g/mol. The number of ether oxygens (including phenoxy) is 1. The number of aliphatic carboxylic acids is 1. The van der Waals surface area contributed by atoms with Crippen LogP contribution >= 0.6 is 0 Å². The van der Waals surface area contributed by atoms with Crippen molar-refractivity contribution in [3.05, 3.63) is 41.2 Å². The third-order valence-corrected chi connectivity index (χ3v) is 6.56. The van der Waals surface area contributed by atoms with Crippen LogP contribution in [0.3, 0.4) is 0 Å². The Morgan fingerprint density at radius 2 is 1.81 bits per heavy atom. The number of aryl methyl sites for hydroxylation is 1. The minimum Gasteiger partial charge on any atom is -0.497 e. The van der Waals surface area contributed by atoms with E-state index in [2.05, 4.69) is 10.00 Å². The van der Waals surface area contributed by atoms with Gasteiger partial charge < -0.3 is 14.7 Å². The van der Waals surface area contributed by atoms with Gasteiger partial charge in [0.2, 0.25) is 10.0 Å². The van der Waals surface area contributed by atoms with Crippen LogP contribution in [0.2, 0.25) is 0 Å². The van der Waals surface area contributed by atoms with Crippen molar-refractivity contribution in [1.29, 1.82) is 0 Å². The highest BCUT2D eigenvalue weighted by molar-refractivity contribution is 7.89. The van der Waals surface area contributed by atoms with Gasteiger partial charge >= 0.3 is 12.1 Å². The number of carboxylic acids is 1. The highest BCUT2D eigenvalue weighted by atomic mass is 32.2. The number of carbonyl (C=O) groups is 1. The van der Waals surface area contributed by atoms with Crippen LogP contribution in [-0.2, 0) is 41.4 Å². The Hall–Kier alpha value is -2.64. The van der Waals surface area contributed by atoms with Crippen LogP contribution < -0.4 is 4.74 Å². The number of nitrogens with zero attached hydrogens (tertiary/aromatic N) is 4. The molecule has 178 valence electrons. The van der Waals surface area contributed by atoms with E-state index < -0.39 is 22.2 Å². The van der Waals surface area contributed by atoms with Crippen LogP contribution in [0.5, 0.6) is 5.75 Å². The summed E-state index contributed by atoms with van der Waals surface area (Å²) in [5.41, 5.74) is 3.18. The molecule has 0 aliphatic carbocycles. The van der Waals surface area contributed by atoms with Gasteiger partial charge in [-0.3, -0.25) is 4.68 Å². The van der Waals surface area contributed by atoms with Gasteiger partial charge in [0.05, 0.1) is 29.9 Å². The van der Waals surface area contributed by atoms with Crippen LogP contribution in [0.25, 0.3) is 0 Å². The molecule has 0 saturated heterocycles. The first-order chi connectivity index (χ1) is 14.8. The van der Waals surface area contributed by atoms with E-state index in [1.165, 1.54) is 9.87 Å². The Kier molecular flexibility index (Phi) is 7.91. The second-order valence-corrected chi connectivity index (χ2v) is 9.24. The zero-order valence-corrected chi connectivity index (χ0v) is 18.9. The van der Waals surface area contributed by atoms with Crippen LogP contribution in [0, 0.1) is 0 Å². The molecule has 1 N–H and O–H groups in total. The fraction of sp³-hybridized carbons (Fsp3) is 0.474. The van der Waals surface area contributed by atoms with Crippen molar-refractivity contribution in [1.82, 2.24) is 19.0 Å². The highest BCUT2D eigenvalue weighted by Crippen LogP contribution is 2.28. The number of aromatic nitrogens is 2. The van der Waals surface area contributed by atoms with Gasteiger partial charge in [0, 0.05) is 25.7 Å². The number of sulfonamides is 1. The summed E-state index contributed by atoms with van der Waals surface area (Å²) in [4.78, 5) is 11.3. The number of benzene rings is 1. The quantitative estimate of drug-likeness (QED) is 0.700. The molecule has 1 aliphatic rings. The molecule has 1 aromatic carbocycles. The number of rotatable bonds is 5. The molecule has 13 heteroatoms. The molecule has 2 heterocycles. The zero-order valence-electron chi connectivity index (χ0n) is 18.0. The molecule has 0 saturated carbocycles. The Bertz CT molecular complexity index is 1050. The van der Waals surface area contributed by atoms with Crippen LogP contribution in [0.1, 0.15) is 17.0 Å². The summed E-state index contributed by atoms with van der Waals surface area (Å²) in [5, 5.41) is 11.7. The maximum absolute atomic E-state index is 12.9. The molecule has 32 heavy (non-hydrogen) atoms. The molecule has 0 atom stereocenters. The van der Waals surface area contributed by atoms with Crippen molar-refractivity contribution in [3.8, 4) is 5.75 Å². The molecule has 1 aromatic heterocycles. The van der Waals surface area contributed by atoms with Gasteiger partial charge in [0.15, 0.2) is 0 Å². The Morgan fingerprint density at radius 3 is 2.28 bits per heavy atom. The molecular formula is C19H25F3N4O5S. The zero-order chi connectivity index (χ0) is 24.3. The lowest BCUT2D eigenvalue weighted by Gasteiger charge is -2.27. The van der Waals surface area contributed by atoms with Gasteiger partial charge in [-0.05, 0) is 44.8 Å². The molecule has 3 rings (SSSR count). The smallest absolute Gasteiger partial charge is 0.490 e. The number of hydrogen-bond acceptors (Lipinski definition) is 6. The van der Waals surface area contributed by atoms with Crippen LogP contribution in [-0.4, -0.2) is 72.4 Å². The van der Waals surface area contributed by atoms with E-state index in [-0.39, 0.29) is 4.90 Å². The minimum atomic E-state index is -5.08. The van der Waals surface area contributed by atoms with E-state index >= 15 is 0 Å². The average molecular weight is 478 g/mol. The van der Waals surface area contributed by atoms with Gasteiger partial charge in [0.25, 0.3) is 0 Å². The van der Waals surface area contributed by atoms with Gasteiger partial charge in [0.1, 0.15) is 5.75 Å². The predicted molar refractivity (Wildman–Crippen MR) is 109 cm³/mol. The topological polar surface area (TPSA) is 105 Å². The van der Waals surface area contributed by atoms with Gasteiger partial charge in [-0.15, -0.1) is 0 Å². The molecule has 1 aliphatic heterocycles. The van der Waals surface area contributed by atoms with Crippen molar-refractivity contribution >= 4 is 16.0 Å². The number of alkyl halides is 3. The number of halogens is 3. The summed E-state index contributed by atoms with van der Waals surface area (Å²) in [6.45, 7) is 1.57. The summed E-state index contributed by atoms with van der Waals surface area (Å²) in [6.07, 6.45) is -4.40. The van der Waals surface area contributed by atoms with Crippen molar-refractivity contribution in [2.75, 3.05) is 27.7 Å². The lowest BCUT2D eigenvalue weighted by molar-refractivity contribution is -0.192. The van der Waals surface area contributed by atoms with Gasteiger partial charge in [-0.1, -0.05) is 0 Å². The second-order valence-electron chi connectivity index (χ2n) is 7.30. The molecule has 0 bridgehead atoms. The Balaban J connectivity index is 0.000000451. The maximum atomic E-state index is 12.9. The van der Waals surface area contributed by atoms with E-state index in [0.29, 0.717) is 25.3 Å². The summed E-state index contributed by atoms with van der Waals surface area (Å²) in [6, 6.07) is 6.51. The van der Waals surface area contributed by atoms with E-state index in [9.17, 15) is 21.6 Å². The molecular weight excluding hydrogens is 453 g/mol. The molecule has 0 fully saturated rings. The molecule has 0 unspecified atom stereocenters. The summed E-state index contributed by atoms with van der Waals surface area (Å²) in [7, 11) is 3.91. The average Bonchev–Trinajstić information content (AvgIpc) is 3.02. The van der Waals surface area contributed by atoms with Gasteiger partial charge in [-0.2, -0.15) is 22.6 Å². The first kappa shape index (κ1) is 25.6. The third kappa shape index (κ3) is 5.99. The van der Waals surface area contributed by atoms with Gasteiger partial charge in [-0.25, -0.2) is 13.2 Å². The second kappa shape index (κ2) is 9.88. The predicted octanol–water partition coefficient (Wildman–Crippen LogP) is 1.87. The first-order valence-corrected chi connectivity index (χ1v) is 10.8. The number of carboxylic acid groups (broad SMARTS) is 1. The fourth-order valence-corrected chi connectivity index (χ4v) is 4.56. The van der Waals surface area contributed by atoms with E-state index in [1.807, 2.05) is 25.8 Å². The number of hydrogen-bond donors (Lipinski definition) is 1. The largest absolute Gasteiger partial charge is 0.497 e. The van der Waals surface area contributed by atoms with Crippen molar-refractivity contribution in [2.24, 2.45) is 7.05 Å². The Labute approximate surface area is 184 Å². The standard InChI is InChI=1S/C17H24N4O3S.C2HF3O2/c1-19(2)11-16-15-9-10-21(12-17(15)20(3)18-16)25(22,23)14-7-5-13(24-4)6-8-14;3-2(4,5)1(6)7/h5-8H,9-12H2,1-4H3;(H,6,7). The van der Waals surface area contributed by atoms with Crippen LogP contribution in [0.4, 0.5) is 13.2 Å². The minimum absolute atomic E-state index is 0.285. The third-order valence-electron chi connectivity index (χ3n) is 4.70. The molecule has 0 radical (unpaired) electrons. The fourth-order valence-electron chi connectivity index (χ4n) is 3.16. The van der Waals surface area contributed by atoms with E-state index in [0.717, 1.165) is 17.9 Å². The number of methoxy groups -OCH3 is 1. The highest BCUT2D eigenvalue weighted by Gasteiger charge is 2.38. The molecule has 2 aromatic rings. The first-order valence-electron chi connectivity index (χ1n) is 9.40. The Morgan fingerprint density at radius 1 is 1.25 bits per heavy atom. The number of fused-ring (bicyclic) bond motifs is 1. The molecule has 9 nitrogen and oxygen atoms in total. The SMILES string of the molecule is COc1ccc(S(=O)(=O)N2CCc3c(CN(C)C)nn(C)c3C2)cc1.O=C(O)C(F)(F)F. The summed E-state index contributed by atoms with van der Waals surface area (Å²) in [5.74, 6) is -2.12. The van der Waals surface area contributed by atoms with E-state index in [1.54, 1.807) is 31.4 Å². The summed E-state index contributed by atoms with van der Waals surface area (Å²) >= 11 is 0. The van der Waals surface area contributed by atoms with Crippen molar-refractivity contribution in [2.45, 2.75) is 30.6 Å². The molecule has 0 spiro atoms. The van der Waals surface area contributed by atoms with E-state index in [4.69, 9.17) is 14.6 Å². The lowest BCUT2D eigenvalue weighted by Crippen LogP contribution is -2.36. The summed E-state index contributed by atoms with van der Waals surface area (Å²) < 4.78 is 66.1. The molecule has 0 amide bonds. The maximum Gasteiger partial charge on any atom is 0.490 e. The van der Waals surface area contributed by atoms with Crippen molar-refractivity contribution in [3.63, 3.8) is 0 Å².